The Hall–Kier alpha value is -2.63. The summed E-state index contributed by atoms with van der Waals surface area (Å²) < 4.78 is 28.9. The number of nitrogen functional groups attached to an aromatic ring is 1. The zero-order valence-corrected chi connectivity index (χ0v) is 11.6. The molecular formula is C15H14F2N4. The first kappa shape index (κ1) is 13.4. The molecule has 0 unspecified atom stereocenters. The van der Waals surface area contributed by atoms with Crippen molar-refractivity contribution in [3.63, 3.8) is 0 Å². The fraction of sp³-hybridized carbons (Fsp3) is 0.133. The SMILES string of the molecule is CN(C)c1ccc2nc(-c3cccc(F)c3F)c(N)n2c1. The number of fused-ring (bicyclic) bond motifs is 1. The van der Waals surface area contributed by atoms with Gasteiger partial charge in [0.25, 0.3) is 0 Å². The standard InChI is InChI=1S/C15H14F2N4/c1-20(2)9-6-7-12-19-14(15(18)21(12)8-9)10-4-3-5-11(16)13(10)17/h3-8H,18H2,1-2H3. The minimum Gasteiger partial charge on any atom is -0.383 e. The molecule has 0 bridgehead atoms. The average Bonchev–Trinajstić information content (AvgIpc) is 2.78. The van der Waals surface area contributed by atoms with Crippen LogP contribution in [0, 0.1) is 11.6 Å². The number of nitrogens with zero attached hydrogens (tertiary/aromatic N) is 3. The first-order valence-electron chi connectivity index (χ1n) is 6.38. The Morgan fingerprint density at radius 2 is 1.90 bits per heavy atom. The second-order valence-corrected chi connectivity index (χ2v) is 4.96. The van der Waals surface area contributed by atoms with E-state index in [4.69, 9.17) is 5.73 Å². The molecule has 3 aromatic rings. The Morgan fingerprint density at radius 3 is 2.62 bits per heavy atom. The topological polar surface area (TPSA) is 46.6 Å². The molecule has 4 nitrogen and oxygen atoms in total. The summed E-state index contributed by atoms with van der Waals surface area (Å²) in [4.78, 5) is 6.22. The Bertz CT molecular complexity index is 824. The molecule has 6 heteroatoms. The van der Waals surface area contributed by atoms with Gasteiger partial charge in [0.2, 0.25) is 0 Å². The van der Waals surface area contributed by atoms with Crippen LogP contribution in [0.2, 0.25) is 0 Å². The normalized spacial score (nSPS) is 11.0. The lowest BCUT2D eigenvalue weighted by Gasteiger charge is -2.12. The number of pyridine rings is 1. The van der Waals surface area contributed by atoms with Gasteiger partial charge in [-0.15, -0.1) is 0 Å². The van der Waals surface area contributed by atoms with Gasteiger partial charge in [-0.1, -0.05) is 6.07 Å². The Morgan fingerprint density at radius 1 is 1.14 bits per heavy atom. The molecule has 0 aliphatic rings. The van der Waals surface area contributed by atoms with Crippen molar-refractivity contribution in [3.8, 4) is 11.3 Å². The summed E-state index contributed by atoms with van der Waals surface area (Å²) in [6.45, 7) is 0. The van der Waals surface area contributed by atoms with E-state index in [1.807, 2.05) is 25.1 Å². The molecule has 0 radical (unpaired) electrons. The average molecular weight is 288 g/mol. The zero-order valence-electron chi connectivity index (χ0n) is 11.6. The molecule has 0 saturated heterocycles. The van der Waals surface area contributed by atoms with Crippen molar-refractivity contribution in [1.82, 2.24) is 9.38 Å². The fourth-order valence-corrected chi connectivity index (χ4v) is 2.20. The third kappa shape index (κ3) is 2.08. The highest BCUT2D eigenvalue weighted by Crippen LogP contribution is 2.30. The van der Waals surface area contributed by atoms with Gasteiger partial charge in [-0.05, 0) is 24.3 Å². The Kier molecular flexibility index (Phi) is 3.01. The molecule has 1 aromatic carbocycles. The van der Waals surface area contributed by atoms with Crippen molar-refractivity contribution >= 4 is 17.2 Å². The highest BCUT2D eigenvalue weighted by Gasteiger charge is 2.17. The van der Waals surface area contributed by atoms with Crippen LogP contribution in [0.4, 0.5) is 20.3 Å². The van der Waals surface area contributed by atoms with E-state index in [0.29, 0.717) is 5.65 Å². The van der Waals surface area contributed by atoms with Crippen molar-refractivity contribution in [2.45, 2.75) is 0 Å². The van der Waals surface area contributed by atoms with E-state index in [-0.39, 0.29) is 17.1 Å². The summed E-state index contributed by atoms with van der Waals surface area (Å²) in [5, 5.41) is 0. The summed E-state index contributed by atoms with van der Waals surface area (Å²) in [5.74, 6) is -1.59. The number of imidazole rings is 1. The van der Waals surface area contributed by atoms with Gasteiger partial charge in [0.15, 0.2) is 11.6 Å². The maximum absolute atomic E-state index is 13.9. The number of rotatable bonds is 2. The summed E-state index contributed by atoms with van der Waals surface area (Å²) in [6.07, 6.45) is 1.80. The lowest BCUT2D eigenvalue weighted by atomic mass is 10.1. The van der Waals surface area contributed by atoms with Gasteiger partial charge < -0.3 is 10.6 Å². The molecule has 0 amide bonds. The molecule has 0 aliphatic heterocycles. The van der Waals surface area contributed by atoms with Gasteiger partial charge in [-0.25, -0.2) is 13.8 Å². The van der Waals surface area contributed by atoms with Crippen LogP contribution in [0.3, 0.4) is 0 Å². The van der Waals surface area contributed by atoms with Crippen LogP contribution in [0.15, 0.2) is 36.5 Å². The molecule has 21 heavy (non-hydrogen) atoms. The van der Waals surface area contributed by atoms with E-state index in [1.165, 1.54) is 12.1 Å². The van der Waals surface area contributed by atoms with Crippen molar-refractivity contribution in [3.05, 3.63) is 48.2 Å². The quantitative estimate of drug-likeness (QED) is 0.788. The number of benzene rings is 1. The van der Waals surface area contributed by atoms with Crippen LogP contribution in [-0.2, 0) is 0 Å². The van der Waals surface area contributed by atoms with Gasteiger partial charge in [0, 0.05) is 25.9 Å². The third-order valence-corrected chi connectivity index (χ3v) is 3.36. The molecule has 0 atom stereocenters. The number of hydrogen-bond acceptors (Lipinski definition) is 3. The van der Waals surface area contributed by atoms with E-state index in [1.54, 1.807) is 16.7 Å². The lowest BCUT2D eigenvalue weighted by Crippen LogP contribution is -2.09. The predicted octanol–water partition coefficient (Wildman–Crippen LogP) is 2.93. The summed E-state index contributed by atoms with van der Waals surface area (Å²) in [5.41, 5.74) is 7.86. The van der Waals surface area contributed by atoms with Crippen molar-refractivity contribution in [1.29, 1.82) is 0 Å². The van der Waals surface area contributed by atoms with Crippen LogP contribution in [0.1, 0.15) is 0 Å². The predicted molar refractivity (Wildman–Crippen MR) is 79.3 cm³/mol. The van der Waals surface area contributed by atoms with Gasteiger partial charge in [0.1, 0.15) is 17.2 Å². The van der Waals surface area contributed by atoms with E-state index >= 15 is 0 Å². The highest BCUT2D eigenvalue weighted by molar-refractivity contribution is 5.76. The summed E-state index contributed by atoms with van der Waals surface area (Å²) in [6, 6.07) is 7.63. The molecule has 2 heterocycles. The molecule has 2 aromatic heterocycles. The first-order valence-corrected chi connectivity index (χ1v) is 6.38. The molecule has 0 spiro atoms. The van der Waals surface area contributed by atoms with Crippen LogP contribution in [-0.4, -0.2) is 23.5 Å². The highest BCUT2D eigenvalue weighted by atomic mass is 19.2. The molecule has 0 fully saturated rings. The van der Waals surface area contributed by atoms with Gasteiger partial charge in [0.05, 0.1) is 5.69 Å². The molecular weight excluding hydrogens is 274 g/mol. The molecule has 0 aliphatic carbocycles. The monoisotopic (exact) mass is 288 g/mol. The number of hydrogen-bond donors (Lipinski definition) is 1. The van der Waals surface area contributed by atoms with Crippen LogP contribution in [0.5, 0.6) is 0 Å². The van der Waals surface area contributed by atoms with Crippen LogP contribution >= 0.6 is 0 Å². The van der Waals surface area contributed by atoms with Gasteiger partial charge in [-0.3, -0.25) is 4.40 Å². The summed E-state index contributed by atoms with van der Waals surface area (Å²) >= 11 is 0. The molecule has 108 valence electrons. The second kappa shape index (κ2) is 4.73. The zero-order chi connectivity index (χ0) is 15.1. The molecule has 3 rings (SSSR count). The van der Waals surface area contributed by atoms with Crippen molar-refractivity contribution < 1.29 is 8.78 Å². The van der Waals surface area contributed by atoms with Crippen LogP contribution in [0.25, 0.3) is 16.9 Å². The Labute approximate surface area is 120 Å². The number of nitrogens with two attached hydrogens (primary N) is 1. The maximum Gasteiger partial charge on any atom is 0.168 e. The van der Waals surface area contributed by atoms with Gasteiger partial charge in [-0.2, -0.15) is 0 Å². The number of anilines is 2. The minimum atomic E-state index is -0.944. The Balaban J connectivity index is 2.25. The van der Waals surface area contributed by atoms with Crippen LogP contribution < -0.4 is 10.6 Å². The van der Waals surface area contributed by atoms with E-state index < -0.39 is 11.6 Å². The third-order valence-electron chi connectivity index (χ3n) is 3.36. The molecule has 2 N–H and O–H groups in total. The fourth-order valence-electron chi connectivity index (χ4n) is 2.20. The lowest BCUT2D eigenvalue weighted by molar-refractivity contribution is 0.511. The maximum atomic E-state index is 13.9. The minimum absolute atomic E-state index is 0.0580. The van der Waals surface area contributed by atoms with E-state index in [0.717, 1.165) is 11.8 Å². The van der Waals surface area contributed by atoms with E-state index in [2.05, 4.69) is 4.98 Å². The largest absolute Gasteiger partial charge is 0.383 e. The molecule has 0 saturated carbocycles. The van der Waals surface area contributed by atoms with Gasteiger partial charge >= 0.3 is 0 Å². The number of halogens is 2. The first-order chi connectivity index (χ1) is 9.99. The smallest absolute Gasteiger partial charge is 0.168 e. The second-order valence-electron chi connectivity index (χ2n) is 4.96. The van der Waals surface area contributed by atoms with E-state index in [9.17, 15) is 8.78 Å². The number of aromatic nitrogens is 2. The summed E-state index contributed by atoms with van der Waals surface area (Å²) in [7, 11) is 3.81. The van der Waals surface area contributed by atoms with Crippen molar-refractivity contribution in [2.24, 2.45) is 0 Å². The van der Waals surface area contributed by atoms with Crippen molar-refractivity contribution in [2.75, 3.05) is 24.7 Å².